The van der Waals surface area contributed by atoms with Gasteiger partial charge in [-0.15, -0.1) is 22.7 Å². The third-order valence-electron chi connectivity index (χ3n) is 8.43. The number of hydrogen-bond donors (Lipinski definition) is 0. The molecule has 0 atom stereocenters. The highest BCUT2D eigenvalue weighted by Gasteiger charge is 2.18. The lowest BCUT2D eigenvalue weighted by molar-refractivity contribution is 1.30. The van der Waals surface area contributed by atoms with Gasteiger partial charge < -0.3 is 4.90 Å². The van der Waals surface area contributed by atoms with Crippen LogP contribution in [0, 0.1) is 0 Å². The highest BCUT2D eigenvalue weighted by atomic mass is 32.1. The van der Waals surface area contributed by atoms with Gasteiger partial charge in [0.2, 0.25) is 0 Å². The molecule has 202 valence electrons. The summed E-state index contributed by atoms with van der Waals surface area (Å²) in [4.78, 5) is 2.39. The first-order chi connectivity index (χ1) is 21.3. The highest BCUT2D eigenvalue weighted by molar-refractivity contribution is 7.26. The SMILES string of the molecule is c1ccc(N(c2ccc(-c3ccc4cc5c(cc4c3)sc3ccccc35)cc2)c2cccc3c2sc2ccccc23)cc1. The van der Waals surface area contributed by atoms with Crippen molar-refractivity contribution in [3.8, 4) is 11.1 Å². The highest BCUT2D eigenvalue weighted by Crippen LogP contribution is 2.45. The summed E-state index contributed by atoms with van der Waals surface area (Å²) in [6.45, 7) is 0. The van der Waals surface area contributed by atoms with Gasteiger partial charge in [0, 0.05) is 47.0 Å². The number of benzene rings is 7. The number of para-hydroxylation sites is 1. The smallest absolute Gasteiger partial charge is 0.0640 e. The topological polar surface area (TPSA) is 3.24 Å². The normalized spacial score (nSPS) is 11.7. The number of rotatable bonds is 4. The molecule has 7 aromatic carbocycles. The van der Waals surface area contributed by atoms with Crippen LogP contribution in [0.15, 0.2) is 152 Å². The van der Waals surface area contributed by atoms with Crippen molar-refractivity contribution in [2.45, 2.75) is 0 Å². The summed E-state index contributed by atoms with van der Waals surface area (Å²) in [5.41, 5.74) is 5.95. The average Bonchev–Trinajstić information content (AvgIpc) is 3.63. The Balaban J connectivity index is 1.15. The van der Waals surface area contributed by atoms with Crippen molar-refractivity contribution in [3.05, 3.63) is 152 Å². The maximum atomic E-state index is 2.39. The summed E-state index contributed by atoms with van der Waals surface area (Å²) in [6.07, 6.45) is 0. The van der Waals surface area contributed by atoms with Crippen LogP contribution in [0.4, 0.5) is 17.1 Å². The van der Waals surface area contributed by atoms with Crippen molar-refractivity contribution in [3.63, 3.8) is 0 Å². The summed E-state index contributed by atoms with van der Waals surface area (Å²) < 4.78 is 5.31. The molecule has 0 fully saturated rings. The van der Waals surface area contributed by atoms with Crippen molar-refractivity contribution in [1.82, 2.24) is 0 Å². The van der Waals surface area contributed by atoms with E-state index in [-0.39, 0.29) is 0 Å². The molecular formula is C40H25NS2. The van der Waals surface area contributed by atoms with Crippen molar-refractivity contribution >= 4 is 90.9 Å². The van der Waals surface area contributed by atoms with Crippen LogP contribution in [-0.4, -0.2) is 0 Å². The molecule has 3 heteroatoms. The van der Waals surface area contributed by atoms with E-state index in [0.717, 1.165) is 11.4 Å². The molecule has 2 heterocycles. The van der Waals surface area contributed by atoms with E-state index in [9.17, 15) is 0 Å². The van der Waals surface area contributed by atoms with E-state index in [1.54, 1.807) is 0 Å². The lowest BCUT2D eigenvalue weighted by Gasteiger charge is -2.26. The number of anilines is 3. The van der Waals surface area contributed by atoms with Gasteiger partial charge in [0.25, 0.3) is 0 Å². The maximum absolute atomic E-state index is 2.39. The molecule has 9 rings (SSSR count). The molecule has 2 aromatic heterocycles. The van der Waals surface area contributed by atoms with Crippen LogP contribution < -0.4 is 4.90 Å². The van der Waals surface area contributed by atoms with Crippen molar-refractivity contribution in [1.29, 1.82) is 0 Å². The van der Waals surface area contributed by atoms with Gasteiger partial charge in [-0.3, -0.25) is 0 Å². The fraction of sp³-hybridized carbons (Fsp3) is 0. The van der Waals surface area contributed by atoms with Crippen LogP contribution in [0.2, 0.25) is 0 Å². The standard InChI is InChI=1S/C40H25NS2/c1-2-9-30(10-3-1)41(36-14-8-13-34-32-11-4-7-16-38(32)43-40(34)36)31-21-19-26(20-22-31)27-17-18-28-24-35-33-12-5-6-15-37(33)42-39(35)25-29(28)23-27/h1-25H. The Hall–Kier alpha value is -4.96. The number of thiophene rings is 2. The Kier molecular flexibility index (Phi) is 5.62. The second kappa shape index (κ2) is 9.81. The first-order valence-electron chi connectivity index (χ1n) is 14.5. The summed E-state index contributed by atoms with van der Waals surface area (Å²) >= 11 is 3.74. The van der Waals surface area contributed by atoms with E-state index < -0.39 is 0 Å². The van der Waals surface area contributed by atoms with Crippen LogP contribution in [0.3, 0.4) is 0 Å². The maximum Gasteiger partial charge on any atom is 0.0640 e. The Labute approximate surface area is 257 Å². The van der Waals surface area contributed by atoms with E-state index >= 15 is 0 Å². The minimum absolute atomic E-state index is 1.15. The molecule has 0 unspecified atom stereocenters. The summed E-state index contributed by atoms with van der Waals surface area (Å²) in [5.74, 6) is 0. The minimum atomic E-state index is 1.15. The summed E-state index contributed by atoms with van der Waals surface area (Å²) in [7, 11) is 0. The Morgan fingerprint density at radius 1 is 0.372 bits per heavy atom. The molecule has 0 radical (unpaired) electrons. The quantitative estimate of drug-likeness (QED) is 0.199. The molecule has 43 heavy (non-hydrogen) atoms. The fourth-order valence-electron chi connectivity index (χ4n) is 6.36. The van der Waals surface area contributed by atoms with Gasteiger partial charge in [-0.1, -0.05) is 91.0 Å². The van der Waals surface area contributed by atoms with Gasteiger partial charge in [-0.2, -0.15) is 0 Å². The van der Waals surface area contributed by atoms with Crippen molar-refractivity contribution < 1.29 is 0 Å². The predicted molar refractivity (Wildman–Crippen MR) is 190 cm³/mol. The molecule has 0 amide bonds. The molecule has 0 N–H and O–H groups in total. The van der Waals surface area contributed by atoms with E-state index in [1.165, 1.54) is 67.9 Å². The number of fused-ring (bicyclic) bond motifs is 7. The molecule has 0 spiro atoms. The van der Waals surface area contributed by atoms with E-state index in [1.807, 2.05) is 22.7 Å². The molecule has 0 aliphatic heterocycles. The molecule has 1 nitrogen and oxygen atoms in total. The van der Waals surface area contributed by atoms with Crippen LogP contribution >= 0.6 is 22.7 Å². The van der Waals surface area contributed by atoms with Gasteiger partial charge >= 0.3 is 0 Å². The zero-order valence-corrected chi connectivity index (χ0v) is 24.8. The lowest BCUT2D eigenvalue weighted by atomic mass is 9.99. The zero-order valence-electron chi connectivity index (χ0n) is 23.2. The van der Waals surface area contributed by atoms with E-state index in [4.69, 9.17) is 0 Å². The van der Waals surface area contributed by atoms with Crippen LogP contribution in [0.1, 0.15) is 0 Å². The Morgan fingerprint density at radius 3 is 1.84 bits per heavy atom. The van der Waals surface area contributed by atoms with E-state index in [2.05, 4.69) is 157 Å². The van der Waals surface area contributed by atoms with Gasteiger partial charge in [-0.25, -0.2) is 0 Å². The lowest BCUT2D eigenvalue weighted by Crippen LogP contribution is -2.09. The molecule has 9 aromatic rings. The van der Waals surface area contributed by atoms with Crippen molar-refractivity contribution in [2.24, 2.45) is 0 Å². The average molecular weight is 584 g/mol. The fourth-order valence-corrected chi connectivity index (χ4v) is 8.71. The third kappa shape index (κ3) is 4.04. The van der Waals surface area contributed by atoms with Crippen LogP contribution in [0.5, 0.6) is 0 Å². The van der Waals surface area contributed by atoms with Crippen LogP contribution in [0.25, 0.3) is 62.2 Å². The van der Waals surface area contributed by atoms with Gasteiger partial charge in [0.05, 0.1) is 10.4 Å². The van der Waals surface area contributed by atoms with Gasteiger partial charge in [0.1, 0.15) is 0 Å². The molecule has 0 aliphatic rings. The predicted octanol–water partition coefficient (Wildman–Crippen LogP) is 12.7. The number of nitrogens with zero attached hydrogens (tertiary/aromatic N) is 1. The molecule has 0 saturated heterocycles. The first kappa shape index (κ1) is 24.6. The largest absolute Gasteiger partial charge is 0.309 e. The van der Waals surface area contributed by atoms with Gasteiger partial charge in [-0.05, 0) is 82.6 Å². The van der Waals surface area contributed by atoms with E-state index in [0.29, 0.717) is 0 Å². The summed E-state index contributed by atoms with van der Waals surface area (Å²) in [6, 6.07) is 55.4. The monoisotopic (exact) mass is 583 g/mol. The summed E-state index contributed by atoms with van der Waals surface area (Å²) in [5, 5.41) is 7.88. The first-order valence-corrected chi connectivity index (χ1v) is 16.1. The Bertz CT molecular complexity index is 2450. The Morgan fingerprint density at radius 2 is 1.02 bits per heavy atom. The second-order valence-corrected chi connectivity index (χ2v) is 13.1. The van der Waals surface area contributed by atoms with Crippen LogP contribution in [-0.2, 0) is 0 Å². The third-order valence-corrected chi connectivity index (χ3v) is 10.8. The molecular weight excluding hydrogens is 559 g/mol. The molecule has 0 aliphatic carbocycles. The minimum Gasteiger partial charge on any atom is -0.309 e. The molecule has 0 bridgehead atoms. The zero-order chi connectivity index (χ0) is 28.3. The van der Waals surface area contributed by atoms with Gasteiger partial charge in [0.15, 0.2) is 0 Å². The molecule has 0 saturated carbocycles. The number of hydrogen-bond acceptors (Lipinski definition) is 3. The second-order valence-electron chi connectivity index (χ2n) is 11.0. The van der Waals surface area contributed by atoms with Crippen molar-refractivity contribution in [2.75, 3.05) is 4.90 Å².